The molecule has 4 unspecified atom stereocenters. The molecule has 4 atom stereocenters. The van der Waals surface area contributed by atoms with Gasteiger partial charge in [0.2, 0.25) is 0 Å². The van der Waals surface area contributed by atoms with Gasteiger partial charge in [-0.2, -0.15) is 13.2 Å². The second kappa shape index (κ2) is 13.5. The van der Waals surface area contributed by atoms with Crippen LogP contribution in [0.15, 0.2) is 41.3 Å². The SMILES string of the molecule is O=C(O)c1cc(C(=O)N(CC(O)C(O)CO)CC(O)C(O)CO)cc(S(=O)(=O)Nc2ccc(F)cc2C(F)(F)F)c1. The highest BCUT2D eigenvalue weighted by Crippen LogP contribution is 2.36. The molecule has 2 rings (SSSR count). The van der Waals surface area contributed by atoms with Crippen molar-refractivity contribution >= 4 is 27.6 Å². The van der Waals surface area contributed by atoms with Gasteiger partial charge in [-0.25, -0.2) is 17.6 Å². The van der Waals surface area contributed by atoms with Gasteiger partial charge in [0.05, 0.1) is 47.1 Å². The van der Waals surface area contributed by atoms with Crippen molar-refractivity contribution in [3.8, 4) is 0 Å². The van der Waals surface area contributed by atoms with Gasteiger partial charge in [0.1, 0.15) is 18.0 Å². The molecule has 0 fully saturated rings. The summed E-state index contributed by atoms with van der Waals surface area (Å²) in [5.41, 5.74) is -4.39. The lowest BCUT2D eigenvalue weighted by atomic mass is 10.1. The molecule has 18 heteroatoms. The van der Waals surface area contributed by atoms with Crippen LogP contribution in [0.1, 0.15) is 26.3 Å². The van der Waals surface area contributed by atoms with Gasteiger partial charge < -0.3 is 40.6 Å². The van der Waals surface area contributed by atoms with Crippen LogP contribution in [0.25, 0.3) is 0 Å². The summed E-state index contributed by atoms with van der Waals surface area (Å²) < 4.78 is 81.1. The average molecular weight is 615 g/mol. The van der Waals surface area contributed by atoms with Gasteiger partial charge in [0.15, 0.2) is 0 Å². The zero-order valence-corrected chi connectivity index (χ0v) is 21.5. The van der Waals surface area contributed by atoms with Gasteiger partial charge >= 0.3 is 12.1 Å². The smallest absolute Gasteiger partial charge is 0.418 e. The van der Waals surface area contributed by atoms with Crippen molar-refractivity contribution in [1.29, 1.82) is 0 Å². The van der Waals surface area contributed by atoms with Crippen LogP contribution in [-0.2, 0) is 16.2 Å². The minimum absolute atomic E-state index is 0.0244. The Balaban J connectivity index is 2.60. The first kappa shape index (κ1) is 33.8. The first-order valence-electron chi connectivity index (χ1n) is 11.4. The number of nitrogens with one attached hydrogen (secondary N) is 1. The lowest BCUT2D eigenvalue weighted by molar-refractivity contribution is -0.137. The van der Waals surface area contributed by atoms with Crippen molar-refractivity contribution in [2.75, 3.05) is 31.0 Å². The van der Waals surface area contributed by atoms with E-state index in [-0.39, 0.29) is 6.07 Å². The number of aliphatic hydroxyl groups excluding tert-OH is 6. The number of halogens is 4. The number of hydrogen-bond acceptors (Lipinski definition) is 10. The van der Waals surface area contributed by atoms with Gasteiger partial charge in [-0.1, -0.05) is 0 Å². The number of hydrogen-bond donors (Lipinski definition) is 8. The van der Waals surface area contributed by atoms with Crippen LogP contribution in [0.4, 0.5) is 23.2 Å². The maximum atomic E-state index is 13.4. The standard InChI is InChI=1S/C23H26F4N2O11S/c24-13-1-2-16(15(6-13)23(25,26)27)28-41(39,40)14-4-11(3-12(5-14)22(37)38)21(36)29(7-17(32)19(34)9-30)8-18(33)20(35)10-31/h1-6,17-20,28,30-35H,7-10H2,(H,37,38). The van der Waals surface area contributed by atoms with E-state index in [1.807, 2.05) is 0 Å². The number of carbonyl (C=O) groups excluding carboxylic acids is 1. The monoisotopic (exact) mass is 614 g/mol. The van der Waals surface area contributed by atoms with E-state index < -0.39 is 112 Å². The van der Waals surface area contributed by atoms with Gasteiger partial charge in [-0.15, -0.1) is 0 Å². The molecule has 0 bridgehead atoms. The predicted octanol–water partition coefficient (Wildman–Crippen LogP) is -0.786. The zero-order chi connectivity index (χ0) is 31.3. The summed E-state index contributed by atoms with van der Waals surface area (Å²) in [5.74, 6) is -4.40. The lowest BCUT2D eigenvalue weighted by Gasteiger charge is -2.30. The van der Waals surface area contributed by atoms with E-state index in [4.69, 9.17) is 10.2 Å². The summed E-state index contributed by atoms with van der Waals surface area (Å²) in [7, 11) is -5.08. The first-order valence-corrected chi connectivity index (χ1v) is 12.9. The molecule has 0 saturated carbocycles. The number of benzene rings is 2. The van der Waals surface area contributed by atoms with E-state index in [1.54, 1.807) is 4.72 Å². The van der Waals surface area contributed by atoms with Crippen molar-refractivity contribution in [2.24, 2.45) is 0 Å². The topological polar surface area (TPSA) is 225 Å². The molecule has 0 radical (unpaired) electrons. The summed E-state index contributed by atoms with van der Waals surface area (Å²) in [6.07, 6.45) is -12.6. The number of carboxylic acid groups (broad SMARTS) is 1. The van der Waals surface area contributed by atoms with Crippen LogP contribution < -0.4 is 4.72 Å². The minimum Gasteiger partial charge on any atom is -0.478 e. The van der Waals surface area contributed by atoms with Crippen LogP contribution in [-0.4, -0.2) is 112 Å². The third-order valence-corrected chi connectivity index (χ3v) is 6.95. The number of rotatable bonds is 13. The Kier molecular flexibility index (Phi) is 11.1. The molecule has 0 aliphatic carbocycles. The van der Waals surface area contributed by atoms with Crippen LogP contribution in [0.2, 0.25) is 0 Å². The Morgan fingerprint density at radius 3 is 1.83 bits per heavy atom. The molecule has 0 spiro atoms. The molecule has 228 valence electrons. The lowest BCUT2D eigenvalue weighted by Crippen LogP contribution is -2.49. The largest absolute Gasteiger partial charge is 0.478 e. The Labute approximate surface area is 229 Å². The number of aromatic carboxylic acids is 1. The second-order valence-electron chi connectivity index (χ2n) is 8.69. The third-order valence-electron chi connectivity index (χ3n) is 5.61. The highest BCUT2D eigenvalue weighted by atomic mass is 32.2. The predicted molar refractivity (Wildman–Crippen MR) is 130 cm³/mol. The zero-order valence-electron chi connectivity index (χ0n) is 20.7. The Bertz CT molecular complexity index is 1340. The number of carboxylic acids is 1. The second-order valence-corrected chi connectivity index (χ2v) is 10.4. The van der Waals surface area contributed by atoms with Crippen LogP contribution in [0, 0.1) is 5.82 Å². The normalized spacial score (nSPS) is 15.1. The number of alkyl halides is 3. The van der Waals surface area contributed by atoms with E-state index in [9.17, 15) is 61.1 Å². The van der Waals surface area contributed by atoms with Gasteiger partial charge in [-0.05, 0) is 36.4 Å². The van der Waals surface area contributed by atoms with Crippen molar-refractivity contribution in [3.63, 3.8) is 0 Å². The summed E-state index contributed by atoms with van der Waals surface area (Å²) in [4.78, 5) is 24.5. The van der Waals surface area contributed by atoms with E-state index in [2.05, 4.69) is 0 Å². The maximum Gasteiger partial charge on any atom is 0.418 e. The van der Waals surface area contributed by atoms with E-state index >= 15 is 0 Å². The number of sulfonamides is 1. The van der Waals surface area contributed by atoms with Crippen molar-refractivity contribution in [3.05, 3.63) is 58.9 Å². The fourth-order valence-electron chi connectivity index (χ4n) is 3.41. The number of anilines is 1. The number of amides is 1. The molecule has 1 amide bonds. The molecule has 41 heavy (non-hydrogen) atoms. The maximum absolute atomic E-state index is 13.4. The van der Waals surface area contributed by atoms with Crippen molar-refractivity contribution < 1.29 is 71.3 Å². The highest BCUT2D eigenvalue weighted by molar-refractivity contribution is 7.92. The fraction of sp³-hybridized carbons (Fsp3) is 0.391. The Hall–Kier alpha value is -3.39. The molecule has 0 saturated heterocycles. The Morgan fingerprint density at radius 2 is 1.37 bits per heavy atom. The molecule has 2 aromatic carbocycles. The quantitative estimate of drug-likeness (QED) is 0.131. The highest BCUT2D eigenvalue weighted by Gasteiger charge is 2.36. The summed E-state index contributed by atoms with van der Waals surface area (Å²) in [5, 5.41) is 67.0. The molecular weight excluding hydrogens is 588 g/mol. The van der Waals surface area contributed by atoms with Crippen LogP contribution in [0.3, 0.4) is 0 Å². The van der Waals surface area contributed by atoms with Gasteiger partial charge in [-0.3, -0.25) is 9.52 Å². The van der Waals surface area contributed by atoms with Crippen molar-refractivity contribution in [2.45, 2.75) is 35.5 Å². The molecule has 2 aromatic rings. The Morgan fingerprint density at radius 1 is 0.854 bits per heavy atom. The van der Waals surface area contributed by atoms with E-state index in [0.29, 0.717) is 35.2 Å². The fourth-order valence-corrected chi connectivity index (χ4v) is 4.56. The molecule has 0 aliphatic rings. The first-order chi connectivity index (χ1) is 18.9. The average Bonchev–Trinajstić information content (AvgIpc) is 2.90. The number of carbonyl (C=O) groups is 2. The van der Waals surface area contributed by atoms with Gasteiger partial charge in [0.25, 0.3) is 15.9 Å². The van der Waals surface area contributed by atoms with Gasteiger partial charge in [0, 0.05) is 18.7 Å². The van der Waals surface area contributed by atoms with E-state index in [1.165, 1.54) is 0 Å². The van der Waals surface area contributed by atoms with Crippen LogP contribution in [0.5, 0.6) is 0 Å². The summed E-state index contributed by atoms with van der Waals surface area (Å²) in [6.45, 7) is -3.68. The molecular formula is C23H26F4N2O11S. The number of nitrogens with zero attached hydrogens (tertiary/aromatic N) is 1. The molecule has 0 aliphatic heterocycles. The number of aliphatic hydroxyl groups is 6. The van der Waals surface area contributed by atoms with E-state index in [0.717, 1.165) is 0 Å². The summed E-state index contributed by atoms with van der Waals surface area (Å²) in [6, 6.07) is 2.77. The van der Waals surface area contributed by atoms with Crippen LogP contribution >= 0.6 is 0 Å². The third kappa shape index (κ3) is 8.80. The molecule has 0 heterocycles. The van der Waals surface area contributed by atoms with Crippen molar-refractivity contribution in [1.82, 2.24) is 4.90 Å². The molecule has 8 N–H and O–H groups in total. The molecule has 0 aromatic heterocycles. The minimum atomic E-state index is -5.20. The molecule has 13 nitrogen and oxygen atoms in total. The summed E-state index contributed by atoms with van der Waals surface area (Å²) >= 11 is 0.